The Morgan fingerprint density at radius 3 is 2.80 bits per heavy atom. The van der Waals surface area contributed by atoms with Gasteiger partial charge in [0, 0.05) is 7.11 Å². The number of esters is 1. The number of carbonyl (C=O) groups excluding carboxylic acids is 1. The average Bonchev–Trinajstić information content (AvgIpc) is 2.78. The van der Waals surface area contributed by atoms with Crippen molar-refractivity contribution in [3.8, 4) is 0 Å². The van der Waals surface area contributed by atoms with Gasteiger partial charge in [-0.05, 0) is 12.1 Å². The Balaban J connectivity index is 1.71. The summed E-state index contributed by atoms with van der Waals surface area (Å²) in [5.41, 5.74) is 0.454. The fourth-order valence-corrected chi connectivity index (χ4v) is 2.53. The topological polar surface area (TPSA) is 74.2 Å². The summed E-state index contributed by atoms with van der Waals surface area (Å²) in [4.78, 5) is 12.0. The van der Waals surface area contributed by atoms with Crippen molar-refractivity contribution in [2.45, 2.75) is 30.7 Å². The van der Waals surface area contributed by atoms with Crippen molar-refractivity contribution in [3.63, 3.8) is 0 Å². The largest absolute Gasteiger partial charge is 0.453 e. The van der Waals surface area contributed by atoms with Crippen molar-refractivity contribution in [2.75, 3.05) is 13.7 Å². The van der Waals surface area contributed by atoms with Crippen molar-refractivity contribution < 1.29 is 28.8 Å². The van der Waals surface area contributed by atoms with Gasteiger partial charge in [-0.1, -0.05) is 18.2 Å². The van der Waals surface area contributed by atoms with Gasteiger partial charge in [0.1, 0.15) is 18.3 Å². The van der Waals surface area contributed by atoms with Gasteiger partial charge in [-0.25, -0.2) is 4.79 Å². The van der Waals surface area contributed by atoms with E-state index < -0.39 is 36.7 Å². The number of benzene rings is 1. The zero-order valence-corrected chi connectivity index (χ0v) is 11.0. The Labute approximate surface area is 116 Å². The third kappa shape index (κ3) is 2.31. The molecule has 1 aromatic carbocycles. The van der Waals surface area contributed by atoms with Gasteiger partial charge < -0.3 is 24.1 Å². The van der Waals surface area contributed by atoms with Crippen molar-refractivity contribution in [3.05, 3.63) is 35.9 Å². The lowest BCUT2D eigenvalue weighted by Gasteiger charge is -2.36. The minimum atomic E-state index is -0.979. The average molecular weight is 280 g/mol. The van der Waals surface area contributed by atoms with Crippen molar-refractivity contribution >= 4 is 5.97 Å². The van der Waals surface area contributed by atoms with Crippen LogP contribution in [0.15, 0.2) is 30.3 Å². The number of hydrogen-bond acceptors (Lipinski definition) is 6. The van der Waals surface area contributed by atoms with Crippen LogP contribution in [0.1, 0.15) is 10.4 Å². The predicted molar refractivity (Wildman–Crippen MR) is 67.1 cm³/mol. The maximum atomic E-state index is 12.0. The normalized spacial score (nSPS) is 35.8. The zero-order valence-electron chi connectivity index (χ0n) is 11.0. The van der Waals surface area contributed by atoms with E-state index in [-0.39, 0.29) is 6.61 Å². The second-order valence-electron chi connectivity index (χ2n) is 4.80. The van der Waals surface area contributed by atoms with E-state index in [0.29, 0.717) is 5.56 Å². The summed E-state index contributed by atoms with van der Waals surface area (Å²) in [6.07, 6.45) is -3.39. The van der Waals surface area contributed by atoms with E-state index in [9.17, 15) is 9.90 Å². The number of hydrogen-bond donors (Lipinski definition) is 1. The maximum Gasteiger partial charge on any atom is 0.338 e. The molecule has 2 aliphatic rings. The van der Waals surface area contributed by atoms with Gasteiger partial charge in [0.15, 0.2) is 12.4 Å². The lowest BCUT2D eigenvalue weighted by Crippen LogP contribution is -2.55. The highest BCUT2D eigenvalue weighted by Gasteiger charge is 2.53. The molecule has 2 heterocycles. The van der Waals surface area contributed by atoms with Crippen LogP contribution in [0.3, 0.4) is 0 Å². The van der Waals surface area contributed by atoms with Gasteiger partial charge in [0.25, 0.3) is 0 Å². The number of carbonyl (C=O) groups is 1. The first kappa shape index (κ1) is 13.5. The summed E-state index contributed by atoms with van der Waals surface area (Å²) >= 11 is 0. The molecule has 2 aliphatic heterocycles. The van der Waals surface area contributed by atoms with Gasteiger partial charge in [0.05, 0.1) is 12.2 Å². The summed E-state index contributed by atoms with van der Waals surface area (Å²) in [5, 5.41) is 10.0. The molecule has 0 saturated carbocycles. The lowest BCUT2D eigenvalue weighted by molar-refractivity contribution is -0.252. The molecule has 20 heavy (non-hydrogen) atoms. The van der Waals surface area contributed by atoms with E-state index in [0.717, 1.165) is 0 Å². The standard InChI is InChI=1S/C14H16O6/c1-17-14-10(15)12-11(9(19-14)7-18-12)20-13(16)8-5-3-2-4-6-8/h2-6,9-12,14-15H,7H2,1H3/t9-,10-,11+,12-,14-/m1/s1. The summed E-state index contributed by atoms with van der Waals surface area (Å²) in [7, 11) is 1.45. The molecule has 6 nitrogen and oxygen atoms in total. The van der Waals surface area contributed by atoms with E-state index in [2.05, 4.69) is 0 Å². The fourth-order valence-electron chi connectivity index (χ4n) is 2.53. The molecule has 0 unspecified atom stereocenters. The number of rotatable bonds is 3. The molecule has 0 aliphatic carbocycles. The van der Waals surface area contributed by atoms with Crippen LogP contribution < -0.4 is 0 Å². The van der Waals surface area contributed by atoms with Gasteiger partial charge in [-0.15, -0.1) is 0 Å². The lowest BCUT2D eigenvalue weighted by atomic mass is 10.0. The Kier molecular flexibility index (Phi) is 3.71. The first-order valence-corrected chi connectivity index (χ1v) is 6.44. The predicted octanol–water partition coefficient (Wildman–Crippen LogP) is 0.343. The number of fused-ring (bicyclic) bond motifs is 2. The Morgan fingerprint density at radius 2 is 2.10 bits per heavy atom. The second kappa shape index (κ2) is 5.49. The van der Waals surface area contributed by atoms with Crippen LogP contribution in [-0.2, 0) is 18.9 Å². The van der Waals surface area contributed by atoms with E-state index in [4.69, 9.17) is 18.9 Å². The number of aliphatic hydroxyl groups excluding tert-OH is 1. The van der Waals surface area contributed by atoms with Crippen molar-refractivity contribution in [2.24, 2.45) is 0 Å². The first-order valence-electron chi connectivity index (χ1n) is 6.44. The molecular formula is C14H16O6. The van der Waals surface area contributed by atoms with Crippen LogP contribution in [0.4, 0.5) is 0 Å². The van der Waals surface area contributed by atoms with Crippen LogP contribution >= 0.6 is 0 Å². The number of ether oxygens (including phenoxy) is 4. The number of methoxy groups -OCH3 is 1. The molecule has 0 aromatic heterocycles. The molecule has 1 aromatic rings. The first-order chi connectivity index (χ1) is 9.70. The molecular weight excluding hydrogens is 264 g/mol. The molecule has 0 radical (unpaired) electrons. The highest BCUT2D eigenvalue weighted by Crippen LogP contribution is 2.32. The monoisotopic (exact) mass is 280 g/mol. The van der Waals surface area contributed by atoms with Gasteiger partial charge in [-0.2, -0.15) is 0 Å². The van der Waals surface area contributed by atoms with Gasteiger partial charge in [-0.3, -0.25) is 0 Å². The molecule has 0 amide bonds. The highest BCUT2D eigenvalue weighted by molar-refractivity contribution is 5.89. The molecule has 2 bridgehead atoms. The Hall–Kier alpha value is -1.47. The van der Waals surface area contributed by atoms with E-state index in [1.807, 2.05) is 6.07 Å². The molecule has 5 atom stereocenters. The third-order valence-corrected chi connectivity index (χ3v) is 3.55. The molecule has 2 fully saturated rings. The summed E-state index contributed by atoms with van der Waals surface area (Å²) < 4.78 is 21.4. The zero-order chi connectivity index (χ0) is 14.1. The fraction of sp³-hybridized carbons (Fsp3) is 0.500. The highest BCUT2D eigenvalue weighted by atomic mass is 16.7. The van der Waals surface area contributed by atoms with Crippen LogP contribution in [0.25, 0.3) is 0 Å². The van der Waals surface area contributed by atoms with E-state index in [1.54, 1.807) is 24.3 Å². The summed E-state index contributed by atoms with van der Waals surface area (Å²) in [5.74, 6) is -0.456. The van der Waals surface area contributed by atoms with Crippen LogP contribution in [0, 0.1) is 0 Å². The molecule has 6 heteroatoms. The van der Waals surface area contributed by atoms with Crippen molar-refractivity contribution in [1.82, 2.24) is 0 Å². The van der Waals surface area contributed by atoms with Crippen LogP contribution in [0.2, 0.25) is 0 Å². The number of aliphatic hydroxyl groups is 1. The Bertz CT molecular complexity index is 476. The van der Waals surface area contributed by atoms with Crippen LogP contribution in [0.5, 0.6) is 0 Å². The molecule has 1 N–H and O–H groups in total. The molecule has 3 rings (SSSR count). The third-order valence-electron chi connectivity index (χ3n) is 3.55. The van der Waals surface area contributed by atoms with E-state index >= 15 is 0 Å². The smallest absolute Gasteiger partial charge is 0.338 e. The summed E-state index contributed by atoms with van der Waals surface area (Å²) in [6.45, 7) is 0.272. The quantitative estimate of drug-likeness (QED) is 0.805. The Morgan fingerprint density at radius 1 is 1.35 bits per heavy atom. The van der Waals surface area contributed by atoms with Crippen LogP contribution in [-0.4, -0.2) is 55.5 Å². The summed E-state index contributed by atoms with van der Waals surface area (Å²) in [6, 6.07) is 8.68. The van der Waals surface area contributed by atoms with Crippen molar-refractivity contribution in [1.29, 1.82) is 0 Å². The SMILES string of the molecule is CO[C@@H]1O[C@@H]2CO[C@H]([C@H]1O)[C@H]2OC(=O)c1ccccc1. The van der Waals surface area contributed by atoms with Gasteiger partial charge >= 0.3 is 5.97 Å². The van der Waals surface area contributed by atoms with Gasteiger partial charge in [0.2, 0.25) is 0 Å². The minimum absolute atomic E-state index is 0.272. The molecule has 108 valence electrons. The second-order valence-corrected chi connectivity index (χ2v) is 4.80. The maximum absolute atomic E-state index is 12.0. The van der Waals surface area contributed by atoms with E-state index in [1.165, 1.54) is 7.11 Å². The minimum Gasteiger partial charge on any atom is -0.453 e. The molecule has 2 saturated heterocycles. The molecule has 0 spiro atoms.